The zero-order valence-electron chi connectivity index (χ0n) is 10.5. The Kier molecular flexibility index (Phi) is 5.22. The molecule has 21 heavy (non-hydrogen) atoms. The third-order valence-electron chi connectivity index (χ3n) is 2.58. The standard InChI is InChI=1S/C14H9BrCl2N2O2/c15-11-4-2-1-3-9(11)13(20)18-19-14(21)10-7-8(16)5-6-12(10)17/h1-7H,(H,18,20)(H,19,21). The first-order chi connectivity index (χ1) is 9.99. The van der Waals surface area contributed by atoms with Crippen molar-refractivity contribution in [3.05, 3.63) is 68.1 Å². The number of hydrazine groups is 1. The van der Waals surface area contributed by atoms with E-state index in [-0.39, 0.29) is 10.6 Å². The fourth-order valence-corrected chi connectivity index (χ4v) is 2.41. The second kappa shape index (κ2) is 6.93. The van der Waals surface area contributed by atoms with E-state index in [9.17, 15) is 9.59 Å². The molecule has 0 aliphatic rings. The molecule has 0 aromatic heterocycles. The first-order valence-corrected chi connectivity index (χ1v) is 7.34. The SMILES string of the molecule is O=C(NNC(=O)c1ccccc1Br)c1cc(Cl)ccc1Cl. The highest BCUT2D eigenvalue weighted by atomic mass is 79.9. The molecule has 0 aliphatic carbocycles. The van der Waals surface area contributed by atoms with Gasteiger partial charge in [-0.25, -0.2) is 0 Å². The summed E-state index contributed by atoms with van der Waals surface area (Å²) >= 11 is 15.0. The highest BCUT2D eigenvalue weighted by Crippen LogP contribution is 2.20. The van der Waals surface area contributed by atoms with Gasteiger partial charge in [0.05, 0.1) is 16.1 Å². The third kappa shape index (κ3) is 3.97. The summed E-state index contributed by atoms with van der Waals surface area (Å²) in [6.45, 7) is 0. The number of hydrogen-bond donors (Lipinski definition) is 2. The van der Waals surface area contributed by atoms with Crippen LogP contribution in [0, 0.1) is 0 Å². The van der Waals surface area contributed by atoms with Gasteiger partial charge in [0.2, 0.25) is 0 Å². The Morgan fingerprint density at radius 3 is 2.19 bits per heavy atom. The number of benzene rings is 2. The molecule has 0 bridgehead atoms. The molecular formula is C14H9BrCl2N2O2. The summed E-state index contributed by atoms with van der Waals surface area (Å²) < 4.78 is 0.623. The van der Waals surface area contributed by atoms with Crippen LogP contribution in [0.1, 0.15) is 20.7 Å². The van der Waals surface area contributed by atoms with Crippen molar-refractivity contribution in [2.24, 2.45) is 0 Å². The molecular weight excluding hydrogens is 379 g/mol. The molecule has 0 unspecified atom stereocenters. The molecule has 4 nitrogen and oxygen atoms in total. The molecule has 0 radical (unpaired) electrons. The summed E-state index contributed by atoms with van der Waals surface area (Å²) in [6.07, 6.45) is 0. The van der Waals surface area contributed by atoms with Crippen LogP contribution in [0.3, 0.4) is 0 Å². The maximum atomic E-state index is 12.0. The molecule has 108 valence electrons. The van der Waals surface area contributed by atoms with E-state index in [0.29, 0.717) is 15.1 Å². The third-order valence-corrected chi connectivity index (χ3v) is 3.84. The van der Waals surface area contributed by atoms with E-state index in [4.69, 9.17) is 23.2 Å². The number of hydrogen-bond acceptors (Lipinski definition) is 2. The minimum atomic E-state index is -0.553. The van der Waals surface area contributed by atoms with Gasteiger partial charge >= 0.3 is 0 Å². The average Bonchev–Trinajstić information content (AvgIpc) is 2.47. The summed E-state index contributed by atoms with van der Waals surface area (Å²) in [5.41, 5.74) is 5.18. The summed E-state index contributed by atoms with van der Waals surface area (Å²) in [6, 6.07) is 11.3. The number of carbonyl (C=O) groups excluding carboxylic acids is 2. The van der Waals surface area contributed by atoms with Crippen LogP contribution in [0.15, 0.2) is 46.9 Å². The van der Waals surface area contributed by atoms with E-state index in [2.05, 4.69) is 26.8 Å². The second-order valence-electron chi connectivity index (χ2n) is 4.01. The van der Waals surface area contributed by atoms with E-state index >= 15 is 0 Å². The van der Waals surface area contributed by atoms with Gasteiger partial charge in [-0.3, -0.25) is 20.4 Å². The Morgan fingerprint density at radius 1 is 0.905 bits per heavy atom. The predicted octanol–water partition coefficient (Wildman–Crippen LogP) is 3.83. The maximum Gasteiger partial charge on any atom is 0.271 e. The van der Waals surface area contributed by atoms with E-state index in [1.807, 2.05) is 0 Å². The van der Waals surface area contributed by atoms with E-state index in [1.165, 1.54) is 12.1 Å². The van der Waals surface area contributed by atoms with Gasteiger partial charge in [-0.05, 0) is 46.3 Å². The molecule has 0 spiro atoms. The molecule has 0 aliphatic heterocycles. The van der Waals surface area contributed by atoms with Crippen LogP contribution < -0.4 is 10.9 Å². The molecule has 2 N–H and O–H groups in total. The van der Waals surface area contributed by atoms with Crippen molar-refractivity contribution in [1.29, 1.82) is 0 Å². The van der Waals surface area contributed by atoms with Crippen molar-refractivity contribution in [2.45, 2.75) is 0 Å². The highest BCUT2D eigenvalue weighted by molar-refractivity contribution is 9.10. The van der Waals surface area contributed by atoms with Gasteiger partial charge < -0.3 is 0 Å². The lowest BCUT2D eigenvalue weighted by Gasteiger charge is -2.09. The molecule has 0 atom stereocenters. The Morgan fingerprint density at radius 2 is 1.52 bits per heavy atom. The molecule has 7 heteroatoms. The zero-order valence-corrected chi connectivity index (χ0v) is 13.6. The second-order valence-corrected chi connectivity index (χ2v) is 5.71. The van der Waals surface area contributed by atoms with E-state index in [1.54, 1.807) is 30.3 Å². The van der Waals surface area contributed by atoms with Crippen molar-refractivity contribution in [1.82, 2.24) is 10.9 Å². The van der Waals surface area contributed by atoms with Gasteiger partial charge in [-0.2, -0.15) is 0 Å². The summed E-state index contributed by atoms with van der Waals surface area (Å²) in [4.78, 5) is 23.9. The Bertz CT molecular complexity index is 707. The fourth-order valence-electron chi connectivity index (χ4n) is 1.57. The Labute approximate surface area is 139 Å². The van der Waals surface area contributed by atoms with Crippen LogP contribution in [0.4, 0.5) is 0 Å². The minimum Gasteiger partial charge on any atom is -0.267 e. The van der Waals surface area contributed by atoms with Gasteiger partial charge in [0.25, 0.3) is 11.8 Å². The lowest BCUT2D eigenvalue weighted by atomic mass is 10.2. The van der Waals surface area contributed by atoms with Crippen molar-refractivity contribution < 1.29 is 9.59 Å². The molecule has 0 fully saturated rings. The number of nitrogens with one attached hydrogen (secondary N) is 2. The fraction of sp³-hybridized carbons (Fsp3) is 0. The smallest absolute Gasteiger partial charge is 0.267 e. The number of halogens is 3. The molecule has 2 rings (SSSR count). The first kappa shape index (κ1) is 15.8. The van der Waals surface area contributed by atoms with Crippen molar-refractivity contribution in [3.8, 4) is 0 Å². The van der Waals surface area contributed by atoms with Gasteiger partial charge in [-0.1, -0.05) is 35.3 Å². The van der Waals surface area contributed by atoms with Crippen LogP contribution in [0.25, 0.3) is 0 Å². The van der Waals surface area contributed by atoms with Crippen LogP contribution in [0.5, 0.6) is 0 Å². The van der Waals surface area contributed by atoms with Gasteiger partial charge in [0, 0.05) is 9.50 Å². The Hall–Kier alpha value is -1.56. The van der Waals surface area contributed by atoms with Crippen LogP contribution in [-0.4, -0.2) is 11.8 Å². The maximum absolute atomic E-state index is 12.0. The summed E-state index contributed by atoms with van der Waals surface area (Å²) in [5.74, 6) is -1.00. The minimum absolute atomic E-state index is 0.177. The van der Waals surface area contributed by atoms with Crippen molar-refractivity contribution in [3.63, 3.8) is 0 Å². The molecule has 2 aromatic rings. The normalized spacial score (nSPS) is 10.0. The van der Waals surface area contributed by atoms with Gasteiger partial charge in [0.1, 0.15) is 0 Å². The zero-order chi connectivity index (χ0) is 15.4. The summed E-state index contributed by atoms with van der Waals surface area (Å²) in [5, 5.41) is 0.619. The number of amides is 2. The lowest BCUT2D eigenvalue weighted by Crippen LogP contribution is -2.41. The molecule has 0 saturated heterocycles. The average molecular weight is 388 g/mol. The number of rotatable bonds is 2. The molecule has 2 aromatic carbocycles. The van der Waals surface area contributed by atoms with Gasteiger partial charge in [0.15, 0.2) is 0 Å². The van der Waals surface area contributed by atoms with Crippen molar-refractivity contribution >= 4 is 50.9 Å². The molecule has 2 amide bonds. The molecule has 0 heterocycles. The monoisotopic (exact) mass is 386 g/mol. The Balaban J connectivity index is 2.06. The number of carbonyl (C=O) groups is 2. The quantitative estimate of drug-likeness (QED) is 0.769. The van der Waals surface area contributed by atoms with Crippen molar-refractivity contribution in [2.75, 3.05) is 0 Å². The van der Waals surface area contributed by atoms with Gasteiger partial charge in [-0.15, -0.1) is 0 Å². The predicted molar refractivity (Wildman–Crippen MR) is 85.5 cm³/mol. The van der Waals surface area contributed by atoms with E-state index in [0.717, 1.165) is 0 Å². The van der Waals surface area contributed by atoms with Crippen LogP contribution in [-0.2, 0) is 0 Å². The van der Waals surface area contributed by atoms with Crippen LogP contribution in [0.2, 0.25) is 10.0 Å². The topological polar surface area (TPSA) is 58.2 Å². The summed E-state index contributed by atoms with van der Waals surface area (Å²) in [7, 11) is 0. The lowest BCUT2D eigenvalue weighted by molar-refractivity contribution is 0.0846. The van der Waals surface area contributed by atoms with E-state index < -0.39 is 11.8 Å². The molecule has 0 saturated carbocycles. The van der Waals surface area contributed by atoms with Crippen LogP contribution >= 0.6 is 39.1 Å². The highest BCUT2D eigenvalue weighted by Gasteiger charge is 2.13. The largest absolute Gasteiger partial charge is 0.271 e. The first-order valence-electron chi connectivity index (χ1n) is 5.79.